The third-order valence-corrected chi connectivity index (χ3v) is 3.10. The molecule has 2 atom stereocenters. The van der Waals surface area contributed by atoms with Crippen LogP contribution in [0.2, 0.25) is 0 Å². The Morgan fingerprint density at radius 1 is 1.38 bits per heavy atom. The molecule has 0 saturated carbocycles. The van der Waals surface area contributed by atoms with Crippen molar-refractivity contribution in [3.63, 3.8) is 0 Å². The average molecular weight is 228 g/mol. The Morgan fingerprint density at radius 2 is 2.00 bits per heavy atom. The Bertz CT molecular complexity index is 215. The highest BCUT2D eigenvalue weighted by atomic mass is 16.5. The van der Waals surface area contributed by atoms with Crippen LogP contribution >= 0.6 is 0 Å². The van der Waals surface area contributed by atoms with Gasteiger partial charge in [-0.3, -0.25) is 4.79 Å². The molecule has 16 heavy (non-hydrogen) atoms. The van der Waals surface area contributed by atoms with Gasteiger partial charge in [0.25, 0.3) is 0 Å². The topological polar surface area (TPSA) is 41.6 Å². The van der Waals surface area contributed by atoms with Crippen molar-refractivity contribution < 1.29 is 9.53 Å². The molecule has 1 rings (SSSR count). The molecule has 4 nitrogen and oxygen atoms in total. The van der Waals surface area contributed by atoms with E-state index in [4.69, 9.17) is 0 Å². The number of carbonyl (C=O) groups is 1. The van der Waals surface area contributed by atoms with E-state index in [1.54, 1.807) is 0 Å². The van der Waals surface area contributed by atoms with Gasteiger partial charge in [-0.25, -0.2) is 0 Å². The number of nitrogens with zero attached hydrogens (tertiary/aromatic N) is 1. The fourth-order valence-corrected chi connectivity index (χ4v) is 2.11. The van der Waals surface area contributed by atoms with E-state index in [0.717, 1.165) is 13.1 Å². The van der Waals surface area contributed by atoms with Gasteiger partial charge in [0, 0.05) is 6.54 Å². The first-order chi connectivity index (χ1) is 7.63. The van der Waals surface area contributed by atoms with Crippen LogP contribution in [-0.4, -0.2) is 50.2 Å². The Balaban J connectivity index is 2.13. The molecule has 1 aliphatic heterocycles. The number of ether oxygens (including phenoxy) is 1. The van der Waals surface area contributed by atoms with Crippen molar-refractivity contribution >= 4 is 5.97 Å². The number of methoxy groups -OCH3 is 1. The van der Waals surface area contributed by atoms with Crippen molar-refractivity contribution in [2.24, 2.45) is 5.92 Å². The fourth-order valence-electron chi connectivity index (χ4n) is 2.11. The van der Waals surface area contributed by atoms with Crippen LogP contribution < -0.4 is 5.32 Å². The summed E-state index contributed by atoms with van der Waals surface area (Å²) >= 11 is 0. The largest absolute Gasteiger partial charge is 0.468 e. The van der Waals surface area contributed by atoms with Crippen LogP contribution in [0.25, 0.3) is 0 Å². The normalized spacial score (nSPS) is 20.7. The highest BCUT2D eigenvalue weighted by molar-refractivity contribution is 5.75. The summed E-state index contributed by atoms with van der Waals surface area (Å²) in [6.07, 6.45) is 2.66. The summed E-state index contributed by atoms with van der Waals surface area (Å²) in [5.74, 6) is 0.388. The number of nitrogens with one attached hydrogen (secondary N) is 1. The zero-order valence-corrected chi connectivity index (χ0v) is 10.7. The van der Waals surface area contributed by atoms with Crippen LogP contribution in [0.5, 0.6) is 0 Å². The molecule has 2 unspecified atom stereocenters. The van der Waals surface area contributed by atoms with Crippen LogP contribution in [0.15, 0.2) is 0 Å². The van der Waals surface area contributed by atoms with Crippen molar-refractivity contribution in [1.29, 1.82) is 0 Å². The first kappa shape index (κ1) is 13.5. The van der Waals surface area contributed by atoms with Crippen molar-refractivity contribution in [2.75, 3.05) is 33.3 Å². The molecule has 94 valence electrons. The first-order valence-corrected chi connectivity index (χ1v) is 6.17. The third kappa shape index (κ3) is 4.49. The number of hydrogen-bond acceptors (Lipinski definition) is 4. The molecule has 0 bridgehead atoms. The number of rotatable bonds is 6. The lowest BCUT2D eigenvalue weighted by molar-refractivity contribution is -0.142. The number of carbonyl (C=O) groups excluding carboxylic acids is 1. The molecule has 1 saturated heterocycles. The van der Waals surface area contributed by atoms with Gasteiger partial charge in [0.05, 0.1) is 7.11 Å². The molecular weight excluding hydrogens is 204 g/mol. The lowest BCUT2D eigenvalue weighted by atomic mass is 10.1. The minimum atomic E-state index is -0.203. The van der Waals surface area contributed by atoms with E-state index < -0.39 is 0 Å². The lowest BCUT2D eigenvalue weighted by Gasteiger charge is -2.21. The molecule has 0 spiro atoms. The van der Waals surface area contributed by atoms with Gasteiger partial charge in [-0.05, 0) is 45.3 Å². The van der Waals surface area contributed by atoms with Crippen molar-refractivity contribution in [3.8, 4) is 0 Å². The molecule has 1 aliphatic rings. The predicted octanol–water partition coefficient (Wildman–Crippen LogP) is 0.869. The number of esters is 1. The summed E-state index contributed by atoms with van der Waals surface area (Å²) in [5.41, 5.74) is 0. The van der Waals surface area contributed by atoms with Crippen molar-refractivity contribution in [2.45, 2.75) is 32.7 Å². The van der Waals surface area contributed by atoms with Crippen LogP contribution in [0.3, 0.4) is 0 Å². The Labute approximate surface area is 98.3 Å². The minimum Gasteiger partial charge on any atom is -0.468 e. The monoisotopic (exact) mass is 228 g/mol. The minimum absolute atomic E-state index is 0.187. The smallest absolute Gasteiger partial charge is 0.322 e. The van der Waals surface area contributed by atoms with Gasteiger partial charge in [0.2, 0.25) is 0 Å². The van der Waals surface area contributed by atoms with E-state index in [0.29, 0.717) is 5.92 Å². The van der Waals surface area contributed by atoms with Gasteiger partial charge >= 0.3 is 5.97 Å². The molecule has 1 fully saturated rings. The van der Waals surface area contributed by atoms with E-state index in [2.05, 4.69) is 21.9 Å². The van der Waals surface area contributed by atoms with Gasteiger partial charge in [-0.15, -0.1) is 0 Å². The predicted molar refractivity (Wildman–Crippen MR) is 64.3 cm³/mol. The molecule has 0 radical (unpaired) electrons. The second-order valence-electron chi connectivity index (χ2n) is 4.77. The summed E-state index contributed by atoms with van der Waals surface area (Å²) in [4.78, 5) is 13.7. The Morgan fingerprint density at radius 3 is 2.56 bits per heavy atom. The van der Waals surface area contributed by atoms with Crippen molar-refractivity contribution in [3.05, 3.63) is 0 Å². The van der Waals surface area contributed by atoms with E-state index in [-0.39, 0.29) is 12.0 Å². The van der Waals surface area contributed by atoms with Crippen LogP contribution in [0.1, 0.15) is 26.7 Å². The maximum atomic E-state index is 11.2. The van der Waals surface area contributed by atoms with Crippen LogP contribution in [0, 0.1) is 5.92 Å². The quantitative estimate of drug-likeness (QED) is 0.685. The van der Waals surface area contributed by atoms with Gasteiger partial charge in [-0.2, -0.15) is 0 Å². The molecular formula is C12H24N2O2. The fraction of sp³-hybridized carbons (Fsp3) is 0.917. The summed E-state index contributed by atoms with van der Waals surface area (Å²) in [7, 11) is 1.42. The van der Waals surface area contributed by atoms with E-state index in [1.807, 2.05) is 6.92 Å². The second-order valence-corrected chi connectivity index (χ2v) is 4.77. The highest BCUT2D eigenvalue weighted by Gasteiger charge is 2.17. The van der Waals surface area contributed by atoms with Crippen LogP contribution in [0.4, 0.5) is 0 Å². The molecule has 1 heterocycles. The standard InChI is InChI=1S/C12H24N2O2/c1-10(9-14-6-4-5-7-14)8-13-11(2)12(15)16-3/h10-11,13H,4-9H2,1-3H3. The molecule has 4 heteroatoms. The molecule has 1 N–H and O–H groups in total. The molecule has 0 aromatic carbocycles. The van der Waals surface area contributed by atoms with Gasteiger partial charge in [-0.1, -0.05) is 6.92 Å². The summed E-state index contributed by atoms with van der Waals surface area (Å²) in [6, 6.07) is -0.203. The van der Waals surface area contributed by atoms with Gasteiger partial charge in [0.15, 0.2) is 0 Å². The Hall–Kier alpha value is -0.610. The molecule has 0 aliphatic carbocycles. The Kier molecular flexibility index (Phi) is 5.77. The highest BCUT2D eigenvalue weighted by Crippen LogP contribution is 2.09. The zero-order chi connectivity index (χ0) is 12.0. The van der Waals surface area contributed by atoms with Crippen molar-refractivity contribution in [1.82, 2.24) is 10.2 Å². The zero-order valence-electron chi connectivity index (χ0n) is 10.7. The third-order valence-electron chi connectivity index (χ3n) is 3.10. The van der Waals surface area contributed by atoms with Gasteiger partial charge in [0.1, 0.15) is 6.04 Å². The summed E-state index contributed by atoms with van der Waals surface area (Å²) < 4.78 is 4.67. The first-order valence-electron chi connectivity index (χ1n) is 6.17. The van der Waals surface area contributed by atoms with Gasteiger partial charge < -0.3 is 15.0 Å². The number of hydrogen-bond donors (Lipinski definition) is 1. The van der Waals surface area contributed by atoms with Crippen LogP contribution in [-0.2, 0) is 9.53 Å². The maximum absolute atomic E-state index is 11.2. The van der Waals surface area contributed by atoms with E-state index in [9.17, 15) is 4.79 Å². The SMILES string of the molecule is COC(=O)C(C)NCC(C)CN1CCCC1. The lowest BCUT2D eigenvalue weighted by Crippen LogP contribution is -2.39. The van der Waals surface area contributed by atoms with E-state index in [1.165, 1.54) is 33.0 Å². The summed E-state index contributed by atoms with van der Waals surface area (Å²) in [6.45, 7) is 8.52. The maximum Gasteiger partial charge on any atom is 0.322 e. The second kappa shape index (κ2) is 6.86. The molecule has 0 amide bonds. The van der Waals surface area contributed by atoms with E-state index >= 15 is 0 Å². The average Bonchev–Trinajstić information content (AvgIpc) is 2.77. The summed E-state index contributed by atoms with van der Waals surface area (Å²) in [5, 5.41) is 3.21. The molecule has 0 aromatic rings. The molecule has 0 aromatic heterocycles. The number of likely N-dealkylation sites (tertiary alicyclic amines) is 1.